The van der Waals surface area contributed by atoms with Crippen LogP contribution in [0.15, 0.2) is 11.6 Å². The number of thiazole rings is 1. The lowest BCUT2D eigenvalue weighted by molar-refractivity contribution is 0.350. The summed E-state index contributed by atoms with van der Waals surface area (Å²) >= 11 is 1.79. The first kappa shape index (κ1) is 11.1. The van der Waals surface area contributed by atoms with Crippen molar-refractivity contribution in [1.82, 2.24) is 10.3 Å². The molecule has 0 bridgehead atoms. The van der Waals surface area contributed by atoms with Crippen molar-refractivity contribution in [1.29, 1.82) is 0 Å². The Balaban J connectivity index is 1.89. The van der Waals surface area contributed by atoms with Gasteiger partial charge in [-0.2, -0.15) is 0 Å². The maximum Gasteiger partial charge on any atom is 0.0930 e. The molecule has 1 unspecified atom stereocenters. The third-order valence-corrected chi connectivity index (χ3v) is 4.28. The van der Waals surface area contributed by atoms with E-state index in [-0.39, 0.29) is 0 Å². The maximum atomic E-state index is 4.39. The predicted molar refractivity (Wildman–Crippen MR) is 65.2 cm³/mol. The first-order valence-corrected chi connectivity index (χ1v) is 6.76. The van der Waals surface area contributed by atoms with E-state index < -0.39 is 0 Å². The maximum absolute atomic E-state index is 4.39. The molecular formula is C12H20N2S. The van der Waals surface area contributed by atoms with Gasteiger partial charge in [0.1, 0.15) is 0 Å². The lowest BCUT2D eigenvalue weighted by Gasteiger charge is -2.23. The third-order valence-electron chi connectivity index (χ3n) is 3.50. The minimum Gasteiger partial charge on any atom is -0.314 e. The Hall–Kier alpha value is -0.410. The number of aromatic nitrogens is 1. The van der Waals surface area contributed by atoms with E-state index in [1.165, 1.54) is 30.7 Å². The molecule has 15 heavy (non-hydrogen) atoms. The van der Waals surface area contributed by atoms with Crippen LogP contribution in [0.5, 0.6) is 0 Å². The molecule has 3 heteroatoms. The number of hydrogen-bond donors (Lipinski definition) is 1. The minimum atomic E-state index is 0.521. The number of nitrogens with one attached hydrogen (secondary N) is 1. The number of nitrogens with zero attached hydrogens (tertiary/aromatic N) is 1. The average Bonchev–Trinajstić information content (AvgIpc) is 2.83. The molecule has 1 heterocycles. The summed E-state index contributed by atoms with van der Waals surface area (Å²) in [5, 5.41) is 7.01. The topological polar surface area (TPSA) is 24.9 Å². The molecule has 1 aliphatic carbocycles. The van der Waals surface area contributed by atoms with Gasteiger partial charge in [-0.1, -0.05) is 6.92 Å². The zero-order chi connectivity index (χ0) is 10.7. The highest BCUT2D eigenvalue weighted by Crippen LogP contribution is 2.51. The van der Waals surface area contributed by atoms with E-state index in [4.69, 9.17) is 0 Å². The average molecular weight is 224 g/mol. The number of hydrogen-bond acceptors (Lipinski definition) is 3. The second-order valence-electron chi connectivity index (χ2n) is 4.64. The van der Waals surface area contributed by atoms with E-state index in [0.717, 1.165) is 6.54 Å². The fourth-order valence-corrected chi connectivity index (χ4v) is 2.91. The molecular weight excluding hydrogens is 204 g/mol. The molecule has 1 aliphatic rings. The highest BCUT2D eigenvalue weighted by molar-refractivity contribution is 7.09. The van der Waals surface area contributed by atoms with Crippen molar-refractivity contribution in [3.05, 3.63) is 16.6 Å². The predicted octanol–water partition coefficient (Wildman–Crippen LogP) is 2.85. The van der Waals surface area contributed by atoms with Crippen molar-refractivity contribution >= 4 is 11.3 Å². The zero-order valence-corrected chi connectivity index (χ0v) is 10.4. The smallest absolute Gasteiger partial charge is 0.0930 e. The Morgan fingerprint density at radius 2 is 2.40 bits per heavy atom. The van der Waals surface area contributed by atoms with Crippen LogP contribution in [0.2, 0.25) is 0 Å². The van der Waals surface area contributed by atoms with Gasteiger partial charge in [0.15, 0.2) is 0 Å². The molecule has 1 saturated carbocycles. The molecule has 0 radical (unpaired) electrons. The minimum absolute atomic E-state index is 0.521. The molecule has 1 aromatic rings. The Bertz CT molecular complexity index is 291. The van der Waals surface area contributed by atoms with Gasteiger partial charge in [-0.3, -0.25) is 0 Å². The van der Waals surface area contributed by atoms with Gasteiger partial charge in [0, 0.05) is 24.0 Å². The van der Waals surface area contributed by atoms with Gasteiger partial charge in [-0.05, 0) is 38.1 Å². The molecule has 1 N–H and O–H groups in total. The molecule has 0 amide bonds. The Labute approximate surface area is 96.1 Å². The van der Waals surface area contributed by atoms with Crippen molar-refractivity contribution in [3.63, 3.8) is 0 Å². The standard InChI is InChI=1S/C12H20N2S/c1-3-6-13-10(2)12(4-5-12)9-11-14-7-8-15-11/h7-8,10,13H,3-6,9H2,1-2H3. The van der Waals surface area contributed by atoms with E-state index in [1.807, 2.05) is 6.20 Å². The second kappa shape index (κ2) is 4.62. The summed E-state index contributed by atoms with van der Waals surface area (Å²) in [6, 6.07) is 0.640. The molecule has 1 atom stereocenters. The molecule has 0 spiro atoms. The fraction of sp³-hybridized carbons (Fsp3) is 0.750. The monoisotopic (exact) mass is 224 g/mol. The fourth-order valence-electron chi connectivity index (χ4n) is 2.14. The molecule has 1 fully saturated rings. The largest absolute Gasteiger partial charge is 0.314 e. The van der Waals surface area contributed by atoms with Crippen LogP contribution in [0.25, 0.3) is 0 Å². The lowest BCUT2D eigenvalue weighted by Crippen LogP contribution is -2.36. The summed E-state index contributed by atoms with van der Waals surface area (Å²) < 4.78 is 0. The Kier molecular flexibility index (Phi) is 3.42. The molecule has 0 aliphatic heterocycles. The molecule has 2 rings (SSSR count). The second-order valence-corrected chi connectivity index (χ2v) is 5.62. The SMILES string of the molecule is CCCNC(C)C1(Cc2nccs2)CC1. The van der Waals surface area contributed by atoms with E-state index in [1.54, 1.807) is 11.3 Å². The molecule has 84 valence electrons. The van der Waals surface area contributed by atoms with Crippen molar-refractivity contribution in [3.8, 4) is 0 Å². The Morgan fingerprint density at radius 1 is 1.60 bits per heavy atom. The quantitative estimate of drug-likeness (QED) is 0.803. The van der Waals surface area contributed by atoms with Crippen molar-refractivity contribution in [2.24, 2.45) is 5.41 Å². The van der Waals surface area contributed by atoms with E-state index in [0.29, 0.717) is 11.5 Å². The van der Waals surface area contributed by atoms with Gasteiger partial charge in [-0.25, -0.2) is 4.98 Å². The normalized spacial score (nSPS) is 20.1. The number of rotatable bonds is 6. The third kappa shape index (κ3) is 2.58. The highest BCUT2D eigenvalue weighted by atomic mass is 32.1. The van der Waals surface area contributed by atoms with Crippen LogP contribution in [0.4, 0.5) is 0 Å². The zero-order valence-electron chi connectivity index (χ0n) is 9.62. The first-order valence-electron chi connectivity index (χ1n) is 5.88. The van der Waals surface area contributed by atoms with Crippen LogP contribution >= 0.6 is 11.3 Å². The summed E-state index contributed by atoms with van der Waals surface area (Å²) in [6.07, 6.45) is 7.04. The van der Waals surface area contributed by atoms with Crippen LogP contribution < -0.4 is 5.32 Å². The summed E-state index contributed by atoms with van der Waals surface area (Å²) in [5.41, 5.74) is 0.521. The lowest BCUT2D eigenvalue weighted by atomic mass is 9.94. The molecule has 0 saturated heterocycles. The molecule has 0 aromatic carbocycles. The van der Waals surface area contributed by atoms with Crippen LogP contribution in [-0.2, 0) is 6.42 Å². The summed E-state index contributed by atoms with van der Waals surface area (Å²) in [5.74, 6) is 0. The van der Waals surface area contributed by atoms with Crippen molar-refractivity contribution in [2.45, 2.75) is 45.6 Å². The van der Waals surface area contributed by atoms with E-state index in [2.05, 4.69) is 29.5 Å². The van der Waals surface area contributed by atoms with E-state index in [9.17, 15) is 0 Å². The molecule has 1 aromatic heterocycles. The highest BCUT2D eigenvalue weighted by Gasteiger charge is 2.47. The van der Waals surface area contributed by atoms with Gasteiger partial charge in [-0.15, -0.1) is 11.3 Å². The van der Waals surface area contributed by atoms with Crippen molar-refractivity contribution in [2.75, 3.05) is 6.54 Å². The van der Waals surface area contributed by atoms with Crippen molar-refractivity contribution < 1.29 is 0 Å². The summed E-state index contributed by atoms with van der Waals surface area (Å²) in [4.78, 5) is 4.39. The molecule has 2 nitrogen and oxygen atoms in total. The van der Waals surface area contributed by atoms with E-state index >= 15 is 0 Å². The van der Waals surface area contributed by atoms with Gasteiger partial charge in [0.2, 0.25) is 0 Å². The van der Waals surface area contributed by atoms with Gasteiger partial charge in [0.05, 0.1) is 5.01 Å². The Morgan fingerprint density at radius 3 is 2.93 bits per heavy atom. The van der Waals surface area contributed by atoms with Gasteiger partial charge < -0.3 is 5.32 Å². The van der Waals surface area contributed by atoms with Gasteiger partial charge >= 0.3 is 0 Å². The van der Waals surface area contributed by atoms with Crippen LogP contribution in [0.1, 0.15) is 38.1 Å². The first-order chi connectivity index (χ1) is 7.27. The van der Waals surface area contributed by atoms with Crippen LogP contribution in [-0.4, -0.2) is 17.6 Å². The summed E-state index contributed by atoms with van der Waals surface area (Å²) in [7, 11) is 0. The van der Waals surface area contributed by atoms with Crippen LogP contribution in [0.3, 0.4) is 0 Å². The van der Waals surface area contributed by atoms with Crippen LogP contribution in [0, 0.1) is 5.41 Å². The van der Waals surface area contributed by atoms with Gasteiger partial charge in [0.25, 0.3) is 0 Å². The summed E-state index contributed by atoms with van der Waals surface area (Å²) in [6.45, 7) is 5.69.